The van der Waals surface area contributed by atoms with E-state index < -0.39 is 29.7 Å². The van der Waals surface area contributed by atoms with E-state index in [1.54, 1.807) is 88.2 Å². The highest BCUT2D eigenvalue weighted by Crippen LogP contribution is 2.28. The standard InChI is InChI=1S/C31H41N3O5S/c1-8-10-20-34(29(36)26(19-21-40-7)33-30(37)39-31(3,4)5)27(25-14-12-11-13-22(25)9-2)28(35)32-23-15-17-24(38-6)18-16-23/h2,11-18,26-27H,8,10,19-21H2,1,3-7H3,(H,32,35)(H,33,37). The molecule has 2 rings (SSSR count). The molecule has 2 aromatic carbocycles. The number of hydrogen-bond acceptors (Lipinski definition) is 6. The van der Waals surface area contributed by atoms with Gasteiger partial charge in [-0.05, 0) is 81.5 Å². The van der Waals surface area contributed by atoms with Crippen LogP contribution in [-0.2, 0) is 14.3 Å². The van der Waals surface area contributed by atoms with Gasteiger partial charge in [0.1, 0.15) is 23.4 Å². The number of anilines is 1. The SMILES string of the molecule is C#Cc1ccccc1C(C(=O)Nc1ccc(OC)cc1)N(CCCC)C(=O)C(CCSC)NC(=O)OC(C)(C)C. The Morgan fingerprint density at radius 2 is 1.77 bits per heavy atom. The van der Waals surface area contributed by atoms with E-state index in [1.807, 2.05) is 13.2 Å². The lowest BCUT2D eigenvalue weighted by Gasteiger charge is -2.35. The van der Waals surface area contributed by atoms with Gasteiger partial charge in [-0.25, -0.2) is 4.79 Å². The second kappa shape index (κ2) is 15.8. The summed E-state index contributed by atoms with van der Waals surface area (Å²) in [7, 11) is 1.57. The smallest absolute Gasteiger partial charge is 0.408 e. The van der Waals surface area contributed by atoms with Gasteiger partial charge < -0.3 is 25.0 Å². The second-order valence-corrected chi connectivity index (χ2v) is 11.2. The maximum absolute atomic E-state index is 14.2. The molecule has 2 N–H and O–H groups in total. The number of carbonyl (C=O) groups is 3. The highest BCUT2D eigenvalue weighted by Gasteiger charge is 2.36. The third-order valence-electron chi connectivity index (χ3n) is 5.96. The number of alkyl carbamates (subject to hydrolysis) is 1. The van der Waals surface area contributed by atoms with Crippen molar-refractivity contribution >= 4 is 35.4 Å². The Balaban J connectivity index is 2.55. The minimum Gasteiger partial charge on any atom is -0.497 e. The van der Waals surface area contributed by atoms with Gasteiger partial charge in [0, 0.05) is 17.8 Å². The monoisotopic (exact) mass is 567 g/mol. The van der Waals surface area contributed by atoms with Crippen LogP contribution in [0.25, 0.3) is 0 Å². The molecule has 0 spiro atoms. The van der Waals surface area contributed by atoms with Crippen LogP contribution in [0.15, 0.2) is 48.5 Å². The number of ether oxygens (including phenoxy) is 2. The van der Waals surface area contributed by atoms with Crippen LogP contribution in [0.5, 0.6) is 5.75 Å². The molecule has 0 bridgehead atoms. The zero-order valence-corrected chi connectivity index (χ0v) is 25.1. The van der Waals surface area contributed by atoms with E-state index in [-0.39, 0.29) is 5.91 Å². The fourth-order valence-corrected chi connectivity index (χ4v) is 4.51. The lowest BCUT2D eigenvalue weighted by atomic mass is 9.97. The molecular weight excluding hydrogens is 526 g/mol. The van der Waals surface area contributed by atoms with E-state index in [9.17, 15) is 14.4 Å². The van der Waals surface area contributed by atoms with Gasteiger partial charge in [0.2, 0.25) is 5.91 Å². The van der Waals surface area contributed by atoms with E-state index in [0.29, 0.717) is 47.7 Å². The molecule has 0 aliphatic heterocycles. The molecular formula is C31H41N3O5S. The molecule has 0 aliphatic rings. The zero-order chi connectivity index (χ0) is 29.7. The van der Waals surface area contributed by atoms with Crippen molar-refractivity contribution in [1.82, 2.24) is 10.2 Å². The minimum absolute atomic E-state index is 0.292. The zero-order valence-electron chi connectivity index (χ0n) is 24.3. The summed E-state index contributed by atoms with van der Waals surface area (Å²) >= 11 is 1.56. The number of nitrogens with zero attached hydrogens (tertiary/aromatic N) is 1. The molecule has 216 valence electrons. The minimum atomic E-state index is -1.04. The number of carbonyl (C=O) groups excluding carboxylic acids is 3. The van der Waals surface area contributed by atoms with Gasteiger partial charge in [-0.15, -0.1) is 6.42 Å². The molecule has 0 heterocycles. The van der Waals surface area contributed by atoms with E-state index in [0.717, 1.165) is 6.42 Å². The van der Waals surface area contributed by atoms with Crippen molar-refractivity contribution in [2.75, 3.05) is 31.0 Å². The Morgan fingerprint density at radius 3 is 2.35 bits per heavy atom. The summed E-state index contributed by atoms with van der Waals surface area (Å²) in [5, 5.41) is 5.69. The number of unbranched alkanes of at least 4 members (excludes halogenated alkanes) is 1. The Bertz CT molecular complexity index is 1170. The Kier molecular flexibility index (Phi) is 12.9. The summed E-state index contributed by atoms with van der Waals surface area (Å²) in [6.45, 7) is 7.58. The van der Waals surface area contributed by atoms with Crippen LogP contribution in [0.2, 0.25) is 0 Å². The molecule has 0 aromatic heterocycles. The first-order valence-corrected chi connectivity index (χ1v) is 14.7. The number of rotatable bonds is 13. The van der Waals surface area contributed by atoms with E-state index in [2.05, 4.69) is 16.6 Å². The number of methoxy groups -OCH3 is 1. The van der Waals surface area contributed by atoms with Crippen molar-refractivity contribution < 1.29 is 23.9 Å². The summed E-state index contributed by atoms with van der Waals surface area (Å²) in [5.74, 6) is 3.13. The van der Waals surface area contributed by atoms with Crippen molar-refractivity contribution in [3.05, 3.63) is 59.7 Å². The van der Waals surface area contributed by atoms with Gasteiger partial charge in [-0.1, -0.05) is 37.5 Å². The normalized spacial score (nSPS) is 12.4. The van der Waals surface area contributed by atoms with E-state index >= 15 is 0 Å². The topological polar surface area (TPSA) is 97.0 Å². The van der Waals surface area contributed by atoms with Crippen molar-refractivity contribution in [2.45, 2.75) is 64.6 Å². The summed E-state index contributed by atoms with van der Waals surface area (Å²) in [6, 6.07) is 12.1. The van der Waals surface area contributed by atoms with Crippen molar-refractivity contribution in [1.29, 1.82) is 0 Å². The van der Waals surface area contributed by atoms with Crippen LogP contribution in [0.3, 0.4) is 0 Å². The van der Waals surface area contributed by atoms with Gasteiger partial charge in [-0.2, -0.15) is 11.8 Å². The summed E-state index contributed by atoms with van der Waals surface area (Å²) < 4.78 is 10.7. The van der Waals surface area contributed by atoms with Crippen LogP contribution in [0, 0.1) is 12.3 Å². The predicted octanol–water partition coefficient (Wildman–Crippen LogP) is 5.63. The lowest BCUT2D eigenvalue weighted by Crippen LogP contribution is -2.53. The predicted molar refractivity (Wildman–Crippen MR) is 162 cm³/mol. The summed E-state index contributed by atoms with van der Waals surface area (Å²) in [6.07, 6.45) is 8.88. The van der Waals surface area contributed by atoms with Gasteiger partial charge >= 0.3 is 6.09 Å². The number of terminal acetylenes is 1. The lowest BCUT2D eigenvalue weighted by molar-refractivity contribution is -0.141. The number of hydrogen-bond donors (Lipinski definition) is 2. The average Bonchev–Trinajstić information content (AvgIpc) is 2.92. The number of nitrogens with one attached hydrogen (secondary N) is 2. The third-order valence-corrected chi connectivity index (χ3v) is 6.61. The van der Waals surface area contributed by atoms with Crippen LogP contribution < -0.4 is 15.4 Å². The first-order chi connectivity index (χ1) is 19.0. The maximum Gasteiger partial charge on any atom is 0.408 e. The molecule has 0 saturated carbocycles. The number of thioether (sulfide) groups is 1. The van der Waals surface area contributed by atoms with Gasteiger partial charge in [0.15, 0.2) is 0 Å². The molecule has 2 atom stereocenters. The largest absolute Gasteiger partial charge is 0.497 e. The highest BCUT2D eigenvalue weighted by atomic mass is 32.2. The number of amides is 3. The molecule has 0 radical (unpaired) electrons. The van der Waals surface area contributed by atoms with E-state index in [1.165, 1.54) is 4.90 Å². The van der Waals surface area contributed by atoms with Crippen LogP contribution in [0.4, 0.5) is 10.5 Å². The van der Waals surface area contributed by atoms with Gasteiger partial charge in [0.25, 0.3) is 5.91 Å². The fourth-order valence-electron chi connectivity index (χ4n) is 4.04. The van der Waals surface area contributed by atoms with Gasteiger partial charge in [-0.3, -0.25) is 9.59 Å². The molecule has 0 fully saturated rings. The Morgan fingerprint density at radius 1 is 1.10 bits per heavy atom. The summed E-state index contributed by atoms with van der Waals surface area (Å²) in [5.41, 5.74) is 0.850. The number of benzene rings is 2. The highest BCUT2D eigenvalue weighted by molar-refractivity contribution is 7.98. The average molecular weight is 568 g/mol. The molecule has 0 aliphatic carbocycles. The van der Waals surface area contributed by atoms with Crippen molar-refractivity contribution in [3.63, 3.8) is 0 Å². The molecule has 8 nitrogen and oxygen atoms in total. The molecule has 2 aromatic rings. The Hall–Kier alpha value is -3.64. The molecule has 2 unspecified atom stereocenters. The first kappa shape index (κ1) is 32.6. The van der Waals surface area contributed by atoms with Crippen molar-refractivity contribution in [3.8, 4) is 18.1 Å². The van der Waals surface area contributed by atoms with Crippen molar-refractivity contribution in [2.24, 2.45) is 0 Å². The maximum atomic E-state index is 14.2. The molecule has 40 heavy (non-hydrogen) atoms. The molecule has 0 saturated heterocycles. The fraction of sp³-hybridized carbons (Fsp3) is 0.452. The van der Waals surface area contributed by atoms with E-state index in [4.69, 9.17) is 15.9 Å². The quantitative estimate of drug-likeness (QED) is 0.305. The van der Waals surface area contributed by atoms with Gasteiger partial charge in [0.05, 0.1) is 7.11 Å². The van der Waals surface area contributed by atoms with Crippen LogP contribution >= 0.6 is 11.8 Å². The van der Waals surface area contributed by atoms with Crippen LogP contribution in [-0.4, -0.2) is 60.1 Å². The molecule has 3 amide bonds. The second-order valence-electron chi connectivity index (χ2n) is 10.2. The third kappa shape index (κ3) is 9.83. The summed E-state index contributed by atoms with van der Waals surface area (Å²) in [4.78, 5) is 42.4. The molecule has 9 heteroatoms. The Labute approximate surface area is 242 Å². The van der Waals surface area contributed by atoms with Crippen LogP contribution in [0.1, 0.15) is 64.1 Å². The first-order valence-electron chi connectivity index (χ1n) is 13.3.